The summed E-state index contributed by atoms with van der Waals surface area (Å²) < 4.78 is 0. The Morgan fingerprint density at radius 3 is 2.41 bits per heavy atom. The number of nitro groups is 1. The van der Waals surface area contributed by atoms with Gasteiger partial charge in [-0.15, -0.1) is 5.10 Å². The maximum absolute atomic E-state index is 10.7. The van der Waals surface area contributed by atoms with Gasteiger partial charge in [0, 0.05) is 50.2 Å². The molecule has 0 bridgehead atoms. The van der Waals surface area contributed by atoms with Crippen molar-refractivity contribution in [2.45, 2.75) is 6.42 Å². The van der Waals surface area contributed by atoms with Crippen LogP contribution < -0.4 is 9.80 Å². The fourth-order valence-electron chi connectivity index (χ4n) is 2.65. The van der Waals surface area contributed by atoms with E-state index in [1.165, 1.54) is 0 Å². The smallest absolute Gasteiger partial charge is 0.269 e. The summed E-state index contributed by atoms with van der Waals surface area (Å²) in [7, 11) is 0. The van der Waals surface area contributed by atoms with Crippen molar-refractivity contribution in [2.24, 2.45) is 0 Å². The Bertz CT molecular complexity index is 632. The van der Waals surface area contributed by atoms with Crippen LogP contribution in [0.5, 0.6) is 0 Å². The van der Waals surface area contributed by atoms with Gasteiger partial charge in [-0.2, -0.15) is 5.10 Å². The Hall–Kier alpha value is -2.70. The molecule has 1 aromatic heterocycles. The van der Waals surface area contributed by atoms with Crippen LogP contribution in [0, 0.1) is 10.1 Å². The van der Waals surface area contributed by atoms with Gasteiger partial charge in [0.2, 0.25) is 0 Å². The van der Waals surface area contributed by atoms with Gasteiger partial charge in [-0.1, -0.05) is 0 Å². The van der Waals surface area contributed by atoms with Crippen LogP contribution in [-0.4, -0.2) is 41.3 Å². The van der Waals surface area contributed by atoms with E-state index in [2.05, 4.69) is 20.0 Å². The van der Waals surface area contributed by atoms with Crippen LogP contribution >= 0.6 is 0 Å². The Balaban J connectivity index is 1.68. The van der Waals surface area contributed by atoms with Gasteiger partial charge in [0.1, 0.15) is 0 Å². The molecule has 0 saturated carbocycles. The van der Waals surface area contributed by atoms with Crippen LogP contribution in [0.3, 0.4) is 0 Å². The van der Waals surface area contributed by atoms with Gasteiger partial charge in [-0.05, 0) is 30.7 Å². The minimum atomic E-state index is -0.373. The minimum absolute atomic E-state index is 0.125. The summed E-state index contributed by atoms with van der Waals surface area (Å²) >= 11 is 0. The fraction of sp³-hybridized carbons (Fsp3) is 0.333. The number of hydrogen-bond donors (Lipinski definition) is 0. The Morgan fingerprint density at radius 2 is 1.73 bits per heavy atom. The standard InChI is InChI=1S/C15H17N5O2/c21-20(22)14-6-4-13(5-7-14)18-9-2-10-19(12-11-18)15-3-1-8-16-17-15/h1,3-8H,2,9-12H2. The van der Waals surface area contributed by atoms with Gasteiger partial charge in [0.05, 0.1) is 4.92 Å². The lowest BCUT2D eigenvalue weighted by atomic mass is 10.2. The highest BCUT2D eigenvalue weighted by Gasteiger charge is 2.17. The number of benzene rings is 1. The lowest BCUT2D eigenvalue weighted by Gasteiger charge is -2.23. The van der Waals surface area contributed by atoms with Crippen molar-refractivity contribution in [2.75, 3.05) is 36.0 Å². The molecule has 0 aliphatic carbocycles. The molecule has 0 atom stereocenters. The Labute approximate surface area is 128 Å². The van der Waals surface area contributed by atoms with E-state index in [-0.39, 0.29) is 10.6 Å². The van der Waals surface area contributed by atoms with Crippen molar-refractivity contribution < 1.29 is 4.92 Å². The van der Waals surface area contributed by atoms with Crippen molar-refractivity contribution >= 4 is 17.2 Å². The van der Waals surface area contributed by atoms with Gasteiger partial charge in [-0.25, -0.2) is 0 Å². The predicted octanol–water partition coefficient (Wildman–Crippen LogP) is 2.10. The number of hydrogen-bond acceptors (Lipinski definition) is 6. The summed E-state index contributed by atoms with van der Waals surface area (Å²) in [5, 5.41) is 18.8. The van der Waals surface area contributed by atoms with E-state index in [0.717, 1.165) is 44.1 Å². The van der Waals surface area contributed by atoms with Crippen molar-refractivity contribution in [3.8, 4) is 0 Å². The third-order valence-corrected chi connectivity index (χ3v) is 3.80. The van der Waals surface area contributed by atoms with E-state index >= 15 is 0 Å². The largest absolute Gasteiger partial charge is 0.370 e. The molecule has 3 rings (SSSR count). The highest BCUT2D eigenvalue weighted by atomic mass is 16.6. The molecule has 0 amide bonds. The maximum atomic E-state index is 10.7. The topological polar surface area (TPSA) is 75.4 Å². The van der Waals surface area contributed by atoms with E-state index in [4.69, 9.17) is 0 Å². The predicted molar refractivity (Wildman–Crippen MR) is 84.2 cm³/mol. The molecule has 1 aliphatic heterocycles. The first-order chi connectivity index (χ1) is 10.7. The van der Waals surface area contributed by atoms with Crippen LogP contribution in [0.4, 0.5) is 17.2 Å². The Kier molecular flexibility index (Phi) is 4.13. The average Bonchev–Trinajstić information content (AvgIpc) is 2.82. The van der Waals surface area contributed by atoms with Gasteiger partial charge >= 0.3 is 0 Å². The molecule has 1 aliphatic rings. The number of nitro benzene ring substituents is 1. The first kappa shape index (κ1) is 14.2. The molecule has 0 radical (unpaired) electrons. The number of anilines is 2. The molecule has 2 heterocycles. The monoisotopic (exact) mass is 299 g/mol. The molecule has 1 fully saturated rings. The second kappa shape index (κ2) is 6.38. The van der Waals surface area contributed by atoms with Crippen LogP contribution in [-0.2, 0) is 0 Å². The van der Waals surface area contributed by atoms with Crippen molar-refractivity contribution in [1.29, 1.82) is 0 Å². The third-order valence-electron chi connectivity index (χ3n) is 3.80. The molecule has 22 heavy (non-hydrogen) atoms. The third kappa shape index (κ3) is 3.13. The summed E-state index contributed by atoms with van der Waals surface area (Å²) in [6.07, 6.45) is 2.68. The van der Waals surface area contributed by atoms with Gasteiger partial charge in [0.15, 0.2) is 5.82 Å². The van der Waals surface area contributed by atoms with E-state index in [1.54, 1.807) is 18.3 Å². The zero-order chi connectivity index (χ0) is 15.4. The van der Waals surface area contributed by atoms with Crippen LogP contribution in [0.2, 0.25) is 0 Å². The summed E-state index contributed by atoms with van der Waals surface area (Å²) in [5.41, 5.74) is 1.14. The van der Waals surface area contributed by atoms with E-state index in [9.17, 15) is 10.1 Å². The highest BCUT2D eigenvalue weighted by molar-refractivity contribution is 5.51. The first-order valence-electron chi connectivity index (χ1n) is 7.26. The molecule has 1 aromatic carbocycles. The number of nitrogens with zero attached hydrogens (tertiary/aromatic N) is 5. The lowest BCUT2D eigenvalue weighted by Crippen LogP contribution is -2.31. The van der Waals surface area contributed by atoms with Crippen molar-refractivity contribution in [1.82, 2.24) is 10.2 Å². The highest BCUT2D eigenvalue weighted by Crippen LogP contribution is 2.21. The van der Waals surface area contributed by atoms with Crippen LogP contribution in [0.1, 0.15) is 6.42 Å². The van der Waals surface area contributed by atoms with E-state index < -0.39 is 0 Å². The summed E-state index contributed by atoms with van der Waals surface area (Å²) in [6.45, 7) is 3.57. The molecule has 7 nitrogen and oxygen atoms in total. The number of aromatic nitrogens is 2. The number of rotatable bonds is 3. The average molecular weight is 299 g/mol. The second-order valence-electron chi connectivity index (χ2n) is 5.18. The normalized spacial score (nSPS) is 15.5. The van der Waals surface area contributed by atoms with E-state index in [0.29, 0.717) is 0 Å². The maximum Gasteiger partial charge on any atom is 0.269 e. The second-order valence-corrected chi connectivity index (χ2v) is 5.18. The van der Waals surface area contributed by atoms with Crippen molar-refractivity contribution in [3.05, 3.63) is 52.7 Å². The first-order valence-corrected chi connectivity index (χ1v) is 7.26. The molecule has 0 unspecified atom stereocenters. The van der Waals surface area contributed by atoms with Crippen LogP contribution in [0.25, 0.3) is 0 Å². The molecule has 0 N–H and O–H groups in total. The summed E-state index contributed by atoms with van der Waals surface area (Å²) in [6, 6.07) is 10.6. The molecule has 114 valence electrons. The van der Waals surface area contributed by atoms with Gasteiger partial charge in [-0.3, -0.25) is 10.1 Å². The molecule has 0 spiro atoms. The molecular formula is C15H17N5O2. The summed E-state index contributed by atoms with van der Waals surface area (Å²) in [4.78, 5) is 14.8. The van der Waals surface area contributed by atoms with Gasteiger partial charge in [0.25, 0.3) is 5.69 Å². The number of non-ortho nitro benzene ring substituents is 1. The fourth-order valence-corrected chi connectivity index (χ4v) is 2.65. The van der Waals surface area contributed by atoms with E-state index in [1.807, 2.05) is 24.3 Å². The SMILES string of the molecule is O=[N+]([O-])c1ccc(N2CCCN(c3cccnn3)CC2)cc1. The van der Waals surface area contributed by atoms with Crippen LogP contribution in [0.15, 0.2) is 42.6 Å². The zero-order valence-corrected chi connectivity index (χ0v) is 12.1. The molecule has 7 heteroatoms. The Morgan fingerprint density at radius 1 is 1.00 bits per heavy atom. The molecule has 1 saturated heterocycles. The van der Waals surface area contributed by atoms with Gasteiger partial charge < -0.3 is 9.80 Å². The zero-order valence-electron chi connectivity index (χ0n) is 12.1. The minimum Gasteiger partial charge on any atom is -0.370 e. The molecular weight excluding hydrogens is 282 g/mol. The molecule has 2 aromatic rings. The van der Waals surface area contributed by atoms with Crippen molar-refractivity contribution in [3.63, 3.8) is 0 Å². The lowest BCUT2D eigenvalue weighted by molar-refractivity contribution is -0.384. The quantitative estimate of drug-likeness (QED) is 0.638. The summed E-state index contributed by atoms with van der Waals surface area (Å²) in [5.74, 6) is 0.896.